The van der Waals surface area contributed by atoms with Crippen LogP contribution >= 0.6 is 22.9 Å². The summed E-state index contributed by atoms with van der Waals surface area (Å²) in [4.78, 5) is 14.7. The van der Waals surface area contributed by atoms with Crippen molar-refractivity contribution in [1.29, 1.82) is 0 Å². The molecule has 0 aliphatic rings. The standard InChI is InChI=1S/C13H10ClNO3S/c14-11-2-1-3-12(10(11)4-5-13(16)17)18-6-9-7-19-8-15-9/h1-5,7-8H,6H2,(H,16,17)/b5-4+. The summed E-state index contributed by atoms with van der Waals surface area (Å²) < 4.78 is 5.61. The Bertz CT molecular complexity index is 596. The number of carboxylic acids is 1. The van der Waals surface area contributed by atoms with E-state index in [0.717, 1.165) is 11.8 Å². The lowest BCUT2D eigenvalue weighted by Gasteiger charge is -2.09. The second kappa shape index (κ2) is 6.36. The van der Waals surface area contributed by atoms with E-state index < -0.39 is 5.97 Å². The van der Waals surface area contributed by atoms with E-state index >= 15 is 0 Å². The molecule has 4 nitrogen and oxygen atoms in total. The number of carbonyl (C=O) groups is 1. The second-order valence-corrected chi connectivity index (χ2v) is 4.72. The Morgan fingerprint density at radius 3 is 3.05 bits per heavy atom. The zero-order valence-corrected chi connectivity index (χ0v) is 11.3. The van der Waals surface area contributed by atoms with Crippen LogP contribution in [0.1, 0.15) is 11.3 Å². The highest BCUT2D eigenvalue weighted by Gasteiger charge is 2.06. The third-order valence-electron chi connectivity index (χ3n) is 2.26. The van der Waals surface area contributed by atoms with Crippen molar-refractivity contribution in [2.24, 2.45) is 0 Å². The molecule has 2 aromatic rings. The summed E-state index contributed by atoms with van der Waals surface area (Å²) in [5.41, 5.74) is 3.09. The van der Waals surface area contributed by atoms with Gasteiger partial charge in [-0.15, -0.1) is 11.3 Å². The minimum atomic E-state index is -1.04. The zero-order valence-electron chi connectivity index (χ0n) is 9.75. The van der Waals surface area contributed by atoms with Crippen LogP contribution in [0.5, 0.6) is 5.75 Å². The summed E-state index contributed by atoms with van der Waals surface area (Å²) in [6.07, 6.45) is 2.44. The fourth-order valence-corrected chi connectivity index (χ4v) is 2.19. The number of halogens is 1. The van der Waals surface area contributed by atoms with Gasteiger partial charge in [-0.25, -0.2) is 9.78 Å². The van der Waals surface area contributed by atoms with Gasteiger partial charge < -0.3 is 9.84 Å². The largest absolute Gasteiger partial charge is 0.487 e. The van der Waals surface area contributed by atoms with Crippen LogP contribution in [0.25, 0.3) is 6.08 Å². The van der Waals surface area contributed by atoms with Crippen molar-refractivity contribution in [2.75, 3.05) is 0 Å². The van der Waals surface area contributed by atoms with E-state index in [1.54, 1.807) is 23.7 Å². The Morgan fingerprint density at radius 2 is 2.37 bits per heavy atom. The van der Waals surface area contributed by atoms with E-state index in [4.69, 9.17) is 21.4 Å². The molecule has 1 aromatic heterocycles. The molecule has 98 valence electrons. The van der Waals surface area contributed by atoms with Crippen LogP contribution in [0.2, 0.25) is 5.02 Å². The van der Waals surface area contributed by atoms with Crippen LogP contribution in [-0.2, 0) is 11.4 Å². The fourth-order valence-electron chi connectivity index (χ4n) is 1.42. The highest BCUT2D eigenvalue weighted by molar-refractivity contribution is 7.07. The number of hydrogen-bond acceptors (Lipinski definition) is 4. The molecule has 0 saturated heterocycles. The highest BCUT2D eigenvalue weighted by atomic mass is 35.5. The number of thiazole rings is 1. The van der Waals surface area contributed by atoms with Crippen LogP contribution in [0, 0.1) is 0 Å². The van der Waals surface area contributed by atoms with Crippen LogP contribution in [0.4, 0.5) is 0 Å². The summed E-state index contributed by atoms with van der Waals surface area (Å²) >= 11 is 7.52. The fraction of sp³-hybridized carbons (Fsp3) is 0.0769. The van der Waals surface area contributed by atoms with Gasteiger partial charge in [0.15, 0.2) is 0 Å². The Balaban J connectivity index is 2.19. The maximum Gasteiger partial charge on any atom is 0.328 e. The third-order valence-corrected chi connectivity index (χ3v) is 3.23. The first-order valence-corrected chi connectivity index (χ1v) is 6.68. The van der Waals surface area contributed by atoms with Gasteiger partial charge in [0.05, 0.1) is 16.2 Å². The monoisotopic (exact) mass is 295 g/mol. The van der Waals surface area contributed by atoms with E-state index in [-0.39, 0.29) is 0 Å². The molecule has 0 spiro atoms. The topological polar surface area (TPSA) is 59.4 Å². The molecule has 0 aliphatic heterocycles. The number of aromatic nitrogens is 1. The SMILES string of the molecule is O=C(O)/C=C/c1c(Cl)cccc1OCc1cscn1. The van der Waals surface area contributed by atoms with Crippen LogP contribution in [-0.4, -0.2) is 16.1 Å². The van der Waals surface area contributed by atoms with Crippen molar-refractivity contribution < 1.29 is 14.6 Å². The summed E-state index contributed by atoms with van der Waals surface area (Å²) in [5, 5.41) is 11.0. The molecule has 0 fully saturated rings. The van der Waals surface area contributed by atoms with Gasteiger partial charge in [0.2, 0.25) is 0 Å². The average Bonchev–Trinajstić information content (AvgIpc) is 2.88. The van der Waals surface area contributed by atoms with Crippen LogP contribution < -0.4 is 4.74 Å². The molecule has 0 aliphatic carbocycles. The van der Waals surface area contributed by atoms with E-state index in [9.17, 15) is 4.79 Å². The lowest BCUT2D eigenvalue weighted by molar-refractivity contribution is -0.131. The predicted octanol–water partition coefficient (Wildman–Crippen LogP) is 3.47. The van der Waals surface area contributed by atoms with E-state index in [1.807, 2.05) is 5.38 Å². The molecular weight excluding hydrogens is 286 g/mol. The number of aliphatic carboxylic acids is 1. The average molecular weight is 296 g/mol. The van der Waals surface area contributed by atoms with Gasteiger partial charge in [-0.05, 0) is 18.2 Å². The van der Waals surface area contributed by atoms with E-state index in [1.165, 1.54) is 17.4 Å². The Hall–Kier alpha value is -1.85. The molecule has 1 aromatic carbocycles. The van der Waals surface area contributed by atoms with Gasteiger partial charge in [-0.3, -0.25) is 0 Å². The van der Waals surface area contributed by atoms with Crippen molar-refractivity contribution in [1.82, 2.24) is 4.98 Å². The molecule has 6 heteroatoms. The number of nitrogens with zero attached hydrogens (tertiary/aromatic N) is 1. The number of benzene rings is 1. The molecule has 0 atom stereocenters. The first kappa shape index (κ1) is 13.6. The number of hydrogen-bond donors (Lipinski definition) is 1. The summed E-state index contributed by atoms with van der Waals surface area (Å²) in [7, 11) is 0. The first-order chi connectivity index (χ1) is 9.16. The lowest BCUT2D eigenvalue weighted by atomic mass is 10.2. The Morgan fingerprint density at radius 1 is 1.53 bits per heavy atom. The van der Waals surface area contributed by atoms with Crippen LogP contribution in [0.15, 0.2) is 35.2 Å². The third kappa shape index (κ3) is 3.81. The molecule has 0 amide bonds. The minimum absolute atomic E-state index is 0.317. The van der Waals surface area contributed by atoms with Gasteiger partial charge >= 0.3 is 5.97 Å². The number of rotatable bonds is 5. The molecule has 0 bridgehead atoms. The van der Waals surface area contributed by atoms with Gasteiger partial charge in [0.25, 0.3) is 0 Å². The van der Waals surface area contributed by atoms with E-state index in [2.05, 4.69) is 4.98 Å². The molecule has 0 saturated carbocycles. The molecule has 1 heterocycles. The molecule has 1 N–H and O–H groups in total. The minimum Gasteiger partial charge on any atom is -0.487 e. The van der Waals surface area contributed by atoms with Crippen molar-refractivity contribution in [2.45, 2.75) is 6.61 Å². The first-order valence-electron chi connectivity index (χ1n) is 5.36. The second-order valence-electron chi connectivity index (χ2n) is 3.59. The Kier molecular flexibility index (Phi) is 4.54. The highest BCUT2D eigenvalue weighted by Crippen LogP contribution is 2.28. The van der Waals surface area contributed by atoms with Crippen molar-refractivity contribution in [3.05, 3.63) is 51.4 Å². The molecule has 0 unspecified atom stereocenters. The molecular formula is C13H10ClNO3S. The predicted molar refractivity (Wildman–Crippen MR) is 74.6 cm³/mol. The van der Waals surface area contributed by atoms with Gasteiger partial charge in [-0.1, -0.05) is 17.7 Å². The van der Waals surface area contributed by atoms with E-state index in [0.29, 0.717) is 22.9 Å². The maximum absolute atomic E-state index is 10.6. The smallest absolute Gasteiger partial charge is 0.328 e. The van der Waals surface area contributed by atoms with Gasteiger partial charge in [0.1, 0.15) is 12.4 Å². The number of ether oxygens (including phenoxy) is 1. The summed E-state index contributed by atoms with van der Waals surface area (Å²) in [6.45, 7) is 0.317. The Labute approximate surface area is 118 Å². The van der Waals surface area contributed by atoms with Crippen molar-refractivity contribution >= 4 is 35.0 Å². The molecule has 2 rings (SSSR count). The van der Waals surface area contributed by atoms with Gasteiger partial charge in [-0.2, -0.15) is 0 Å². The zero-order chi connectivity index (χ0) is 13.7. The molecule has 19 heavy (non-hydrogen) atoms. The maximum atomic E-state index is 10.6. The van der Waals surface area contributed by atoms with Crippen LogP contribution in [0.3, 0.4) is 0 Å². The quantitative estimate of drug-likeness (QED) is 0.858. The number of carboxylic acid groups (broad SMARTS) is 1. The van der Waals surface area contributed by atoms with Gasteiger partial charge in [0, 0.05) is 17.0 Å². The lowest BCUT2D eigenvalue weighted by Crippen LogP contribution is -1.97. The van der Waals surface area contributed by atoms with Crippen molar-refractivity contribution in [3.8, 4) is 5.75 Å². The molecule has 0 radical (unpaired) electrons. The van der Waals surface area contributed by atoms with Crippen molar-refractivity contribution in [3.63, 3.8) is 0 Å². The summed E-state index contributed by atoms with van der Waals surface area (Å²) in [5.74, 6) is -0.511. The summed E-state index contributed by atoms with van der Waals surface area (Å²) in [6, 6.07) is 5.16. The normalized spacial score (nSPS) is 10.8.